The van der Waals surface area contributed by atoms with Crippen LogP contribution in [0.4, 0.5) is 0 Å². The summed E-state index contributed by atoms with van der Waals surface area (Å²) in [6, 6.07) is 7.06. The second-order valence-electron chi connectivity index (χ2n) is 5.46. The molecule has 0 N–H and O–H groups in total. The van der Waals surface area contributed by atoms with Gasteiger partial charge in [-0.25, -0.2) is 0 Å². The molecule has 0 spiro atoms. The third kappa shape index (κ3) is 1.47. The lowest BCUT2D eigenvalue weighted by atomic mass is 9.86. The average Bonchev–Trinajstić information content (AvgIpc) is 2.42. The molecule has 0 fully saturated rings. The van der Waals surface area contributed by atoms with Gasteiger partial charge >= 0.3 is 0 Å². The van der Waals surface area contributed by atoms with E-state index in [1.807, 2.05) is 0 Å². The fourth-order valence-electron chi connectivity index (χ4n) is 2.42. The Morgan fingerprint density at radius 2 is 1.93 bits per heavy atom. The lowest BCUT2D eigenvalue weighted by Gasteiger charge is -2.19. The van der Waals surface area contributed by atoms with E-state index in [1.54, 1.807) is 11.1 Å². The van der Waals surface area contributed by atoms with Gasteiger partial charge in [-0.1, -0.05) is 45.9 Å². The molecule has 0 heteroatoms. The predicted molar refractivity (Wildman–Crippen MR) is 61.9 cm³/mol. The average molecular weight is 188 g/mol. The molecule has 0 nitrogen and oxygen atoms in total. The molecule has 0 saturated carbocycles. The van der Waals surface area contributed by atoms with E-state index in [0.717, 1.165) is 0 Å². The highest BCUT2D eigenvalue weighted by molar-refractivity contribution is 5.41. The van der Waals surface area contributed by atoms with Crippen LogP contribution in [0, 0.1) is 0 Å². The van der Waals surface area contributed by atoms with Gasteiger partial charge in [-0.15, -0.1) is 0 Å². The smallest absolute Gasteiger partial charge is 0.00977 e. The Bertz CT molecular complexity index is 345. The van der Waals surface area contributed by atoms with E-state index in [2.05, 4.69) is 45.9 Å². The first-order chi connectivity index (χ1) is 6.50. The van der Waals surface area contributed by atoms with Crippen LogP contribution in [-0.4, -0.2) is 0 Å². The van der Waals surface area contributed by atoms with Gasteiger partial charge in [0.25, 0.3) is 0 Å². The second kappa shape index (κ2) is 3.12. The molecule has 0 aliphatic heterocycles. The zero-order chi connectivity index (χ0) is 10.3. The summed E-state index contributed by atoms with van der Waals surface area (Å²) in [6.07, 6.45) is 2.58. The highest BCUT2D eigenvalue weighted by Crippen LogP contribution is 2.39. The topological polar surface area (TPSA) is 0 Å². The Balaban J connectivity index is 2.44. The van der Waals surface area contributed by atoms with E-state index in [1.165, 1.54) is 18.4 Å². The molecule has 14 heavy (non-hydrogen) atoms. The number of hydrogen-bond donors (Lipinski definition) is 0. The van der Waals surface area contributed by atoms with Gasteiger partial charge in [-0.2, -0.15) is 0 Å². The number of hydrogen-bond acceptors (Lipinski definition) is 0. The van der Waals surface area contributed by atoms with E-state index in [4.69, 9.17) is 0 Å². The Hall–Kier alpha value is -0.780. The largest absolute Gasteiger partial charge is 0.0587 e. The van der Waals surface area contributed by atoms with Crippen molar-refractivity contribution < 1.29 is 0 Å². The fraction of sp³-hybridized carbons (Fsp3) is 0.571. The van der Waals surface area contributed by atoms with Crippen LogP contribution in [0.3, 0.4) is 0 Å². The minimum atomic E-state index is 0.408. The van der Waals surface area contributed by atoms with Gasteiger partial charge in [-0.3, -0.25) is 0 Å². The van der Waals surface area contributed by atoms with Gasteiger partial charge in [0.1, 0.15) is 0 Å². The summed E-state index contributed by atoms with van der Waals surface area (Å²) in [5.41, 5.74) is 5.05. The van der Waals surface area contributed by atoms with Crippen molar-refractivity contribution in [3.05, 3.63) is 34.9 Å². The number of rotatable bonds is 1. The lowest BCUT2D eigenvalue weighted by Crippen LogP contribution is -2.11. The quantitative estimate of drug-likeness (QED) is 0.624. The van der Waals surface area contributed by atoms with Gasteiger partial charge in [0.05, 0.1) is 0 Å². The van der Waals surface area contributed by atoms with Crippen LogP contribution in [-0.2, 0) is 11.8 Å². The number of fused-ring (bicyclic) bond motifs is 1. The Kier molecular flexibility index (Phi) is 2.17. The first-order valence-corrected chi connectivity index (χ1v) is 5.64. The summed E-state index contributed by atoms with van der Waals surface area (Å²) in [5, 5.41) is 0. The molecular formula is C14H20. The van der Waals surface area contributed by atoms with Crippen LogP contribution in [0.5, 0.6) is 0 Å². The van der Waals surface area contributed by atoms with Crippen molar-refractivity contribution in [1.29, 1.82) is 0 Å². The monoisotopic (exact) mass is 188 g/mol. The zero-order valence-electron chi connectivity index (χ0n) is 9.72. The first kappa shape index (κ1) is 9.76. The maximum Gasteiger partial charge on any atom is -0.00977 e. The van der Waals surface area contributed by atoms with E-state index < -0.39 is 0 Å². The molecule has 0 bridgehead atoms. The first-order valence-electron chi connectivity index (χ1n) is 5.64. The molecule has 0 amide bonds. The third-order valence-electron chi connectivity index (χ3n) is 3.54. The SMILES string of the molecule is CC(C)c1ccc2c(c1)CCC2(C)C. The van der Waals surface area contributed by atoms with Gasteiger partial charge in [-0.05, 0) is 40.9 Å². The van der Waals surface area contributed by atoms with E-state index >= 15 is 0 Å². The minimum Gasteiger partial charge on any atom is -0.0587 e. The Morgan fingerprint density at radius 1 is 1.21 bits per heavy atom. The molecule has 0 atom stereocenters. The summed E-state index contributed by atoms with van der Waals surface area (Å²) in [4.78, 5) is 0. The summed E-state index contributed by atoms with van der Waals surface area (Å²) >= 11 is 0. The van der Waals surface area contributed by atoms with Crippen LogP contribution < -0.4 is 0 Å². The van der Waals surface area contributed by atoms with Crippen molar-refractivity contribution >= 4 is 0 Å². The highest BCUT2D eigenvalue weighted by Gasteiger charge is 2.29. The van der Waals surface area contributed by atoms with Crippen molar-refractivity contribution in [2.24, 2.45) is 0 Å². The zero-order valence-corrected chi connectivity index (χ0v) is 9.72. The normalized spacial score (nSPS) is 18.6. The Morgan fingerprint density at radius 3 is 2.57 bits per heavy atom. The maximum absolute atomic E-state index is 2.41. The molecule has 0 saturated heterocycles. The molecule has 0 heterocycles. The molecule has 76 valence electrons. The third-order valence-corrected chi connectivity index (χ3v) is 3.54. The summed E-state index contributed by atoms with van der Waals surface area (Å²) in [7, 11) is 0. The molecule has 2 rings (SSSR count). The second-order valence-corrected chi connectivity index (χ2v) is 5.46. The van der Waals surface area contributed by atoms with Crippen molar-refractivity contribution in [3.8, 4) is 0 Å². The van der Waals surface area contributed by atoms with E-state index in [9.17, 15) is 0 Å². The van der Waals surface area contributed by atoms with Crippen molar-refractivity contribution in [1.82, 2.24) is 0 Å². The van der Waals surface area contributed by atoms with Crippen molar-refractivity contribution in [3.63, 3.8) is 0 Å². The molecule has 0 unspecified atom stereocenters. The molecule has 0 radical (unpaired) electrons. The molecule has 1 aliphatic carbocycles. The molecule has 1 aliphatic rings. The molecule has 1 aromatic rings. The molecule has 0 aromatic heterocycles. The highest BCUT2D eigenvalue weighted by atomic mass is 14.3. The van der Waals surface area contributed by atoms with Crippen molar-refractivity contribution in [2.45, 2.75) is 51.9 Å². The lowest BCUT2D eigenvalue weighted by molar-refractivity contribution is 0.522. The molecule has 1 aromatic carbocycles. The number of benzene rings is 1. The maximum atomic E-state index is 2.41. The minimum absolute atomic E-state index is 0.408. The van der Waals surface area contributed by atoms with E-state index in [0.29, 0.717) is 11.3 Å². The summed E-state index contributed by atoms with van der Waals surface area (Å²) in [5.74, 6) is 0.656. The van der Waals surface area contributed by atoms with Crippen LogP contribution >= 0.6 is 0 Å². The summed E-state index contributed by atoms with van der Waals surface area (Å²) in [6.45, 7) is 9.24. The van der Waals surface area contributed by atoms with Gasteiger partial charge in [0, 0.05) is 0 Å². The van der Waals surface area contributed by atoms with Gasteiger partial charge in [0.2, 0.25) is 0 Å². The fourth-order valence-corrected chi connectivity index (χ4v) is 2.42. The van der Waals surface area contributed by atoms with Gasteiger partial charge in [0.15, 0.2) is 0 Å². The predicted octanol–water partition coefficient (Wildman–Crippen LogP) is 4.03. The Labute approximate surface area is 87.3 Å². The van der Waals surface area contributed by atoms with E-state index in [-0.39, 0.29) is 0 Å². The number of aryl methyl sites for hydroxylation is 1. The van der Waals surface area contributed by atoms with Crippen LogP contribution in [0.15, 0.2) is 18.2 Å². The van der Waals surface area contributed by atoms with Crippen molar-refractivity contribution in [2.75, 3.05) is 0 Å². The van der Waals surface area contributed by atoms with Gasteiger partial charge < -0.3 is 0 Å². The van der Waals surface area contributed by atoms with Crippen LogP contribution in [0.2, 0.25) is 0 Å². The summed E-state index contributed by atoms with van der Waals surface area (Å²) < 4.78 is 0. The van der Waals surface area contributed by atoms with Crippen LogP contribution in [0.1, 0.15) is 56.7 Å². The van der Waals surface area contributed by atoms with Crippen LogP contribution in [0.25, 0.3) is 0 Å². The molecular weight excluding hydrogens is 168 g/mol. The standard InChI is InChI=1S/C14H20/c1-10(2)11-5-6-13-12(9-11)7-8-14(13,3)4/h5-6,9-10H,7-8H2,1-4H3.